The molecule has 2 aromatic rings. The number of hydrogen-bond acceptors (Lipinski definition) is 2. The van der Waals surface area contributed by atoms with Gasteiger partial charge in [-0.2, -0.15) is 0 Å². The van der Waals surface area contributed by atoms with Gasteiger partial charge in [-0.15, -0.1) is 0 Å². The third kappa shape index (κ3) is 7.71. The summed E-state index contributed by atoms with van der Waals surface area (Å²) in [7, 11) is 0. The first kappa shape index (κ1) is 26.6. The average Bonchev–Trinajstić information content (AvgIpc) is 3.54. The predicted molar refractivity (Wildman–Crippen MR) is 140 cm³/mol. The van der Waals surface area contributed by atoms with Gasteiger partial charge in [0.2, 0.25) is 0 Å². The molecule has 2 nitrogen and oxygen atoms in total. The number of hydrogen-bond donors (Lipinski definition) is 0. The first-order valence-electron chi connectivity index (χ1n) is 13.5. The normalized spacial score (nSPS) is 16.5. The highest BCUT2D eigenvalue weighted by atomic mass is 14.7. The van der Waals surface area contributed by atoms with Crippen molar-refractivity contribution >= 4 is 0 Å². The van der Waals surface area contributed by atoms with Crippen LogP contribution in [0.5, 0.6) is 0 Å². The fraction of sp³-hybridized carbons (Fsp3) is 0.667. The molecule has 32 heavy (non-hydrogen) atoms. The maximum absolute atomic E-state index is 4.86. The highest BCUT2D eigenvalue weighted by Gasteiger charge is 2.20. The van der Waals surface area contributed by atoms with Crippen LogP contribution in [0.1, 0.15) is 145 Å². The zero-order valence-corrected chi connectivity index (χ0v) is 22.0. The van der Waals surface area contributed by atoms with Crippen molar-refractivity contribution in [2.45, 2.75) is 130 Å². The zero-order chi connectivity index (χ0) is 23.5. The second-order valence-corrected chi connectivity index (χ2v) is 9.71. The quantitative estimate of drug-likeness (QED) is 0.467. The van der Waals surface area contributed by atoms with Crippen molar-refractivity contribution in [1.29, 1.82) is 0 Å². The van der Waals surface area contributed by atoms with Gasteiger partial charge in [-0.25, -0.2) is 0 Å². The molecule has 178 valence electrons. The summed E-state index contributed by atoms with van der Waals surface area (Å²) in [5, 5.41) is 0. The first-order valence-corrected chi connectivity index (χ1v) is 13.5. The minimum Gasteiger partial charge on any atom is -0.258 e. The second-order valence-electron chi connectivity index (χ2n) is 9.71. The SMILES string of the molecule is CC.CCc1cc(C(C)C)nc(C2CCCC2)c1.CCc1cc(C)cc(C2CCCC2)n1. The van der Waals surface area contributed by atoms with E-state index in [0.29, 0.717) is 5.92 Å². The molecule has 2 fully saturated rings. The van der Waals surface area contributed by atoms with Crippen LogP contribution >= 0.6 is 0 Å². The summed E-state index contributed by atoms with van der Waals surface area (Å²) in [6.45, 7) is 15.1. The molecule has 4 rings (SSSR count). The molecule has 2 aromatic heterocycles. The molecule has 2 heteroatoms. The molecule has 2 aliphatic rings. The lowest BCUT2D eigenvalue weighted by atomic mass is 9.98. The molecule has 0 spiro atoms. The Balaban J connectivity index is 0.000000212. The van der Waals surface area contributed by atoms with Crippen molar-refractivity contribution in [3.8, 4) is 0 Å². The molecule has 0 bridgehead atoms. The zero-order valence-electron chi connectivity index (χ0n) is 22.0. The molecule has 0 unspecified atom stereocenters. The van der Waals surface area contributed by atoms with Crippen molar-refractivity contribution in [1.82, 2.24) is 9.97 Å². The van der Waals surface area contributed by atoms with Crippen LogP contribution in [0.25, 0.3) is 0 Å². The summed E-state index contributed by atoms with van der Waals surface area (Å²) in [6, 6.07) is 9.10. The lowest BCUT2D eigenvalue weighted by molar-refractivity contribution is 0.679. The van der Waals surface area contributed by atoms with Gasteiger partial charge in [0.1, 0.15) is 0 Å². The fourth-order valence-corrected chi connectivity index (χ4v) is 4.95. The smallest absolute Gasteiger partial charge is 0.0440 e. The Labute approximate surface area is 198 Å². The minimum atomic E-state index is 0.548. The lowest BCUT2D eigenvalue weighted by Crippen LogP contribution is -2.03. The highest BCUT2D eigenvalue weighted by Crippen LogP contribution is 2.34. The number of rotatable bonds is 5. The average molecular weight is 437 g/mol. The molecule has 2 heterocycles. The predicted octanol–water partition coefficient (Wildman–Crippen LogP) is 9.06. The van der Waals surface area contributed by atoms with E-state index in [9.17, 15) is 0 Å². The van der Waals surface area contributed by atoms with Crippen molar-refractivity contribution in [3.63, 3.8) is 0 Å². The van der Waals surface area contributed by atoms with Crippen LogP contribution in [0.4, 0.5) is 0 Å². The molecule has 0 aromatic carbocycles. The molecular formula is C30H48N2. The molecule has 0 N–H and O–H groups in total. The lowest BCUT2D eigenvalue weighted by Gasteiger charge is -2.14. The van der Waals surface area contributed by atoms with E-state index in [1.165, 1.54) is 85.3 Å². The Morgan fingerprint density at radius 2 is 1.28 bits per heavy atom. The van der Waals surface area contributed by atoms with Gasteiger partial charge in [0, 0.05) is 34.6 Å². The van der Waals surface area contributed by atoms with Crippen molar-refractivity contribution in [3.05, 3.63) is 58.2 Å². The summed E-state index contributed by atoms with van der Waals surface area (Å²) < 4.78 is 0. The van der Waals surface area contributed by atoms with Gasteiger partial charge in [-0.1, -0.05) is 67.2 Å². The second kappa shape index (κ2) is 13.8. The standard InChI is InChI=1S/C15H23N.C13H19N.C2H6/c1-4-12-9-14(11(2)3)16-15(10-12)13-7-5-6-8-13;1-3-12-8-10(2)9-13(14-12)11-6-4-5-7-11;1-2/h9-11,13H,4-8H2,1-3H3;8-9,11H,3-7H2,1-2H3;1-2H3. The summed E-state index contributed by atoms with van der Waals surface area (Å²) in [5.41, 5.74) is 8.08. The van der Waals surface area contributed by atoms with E-state index < -0.39 is 0 Å². The Morgan fingerprint density at radius 1 is 0.750 bits per heavy atom. The number of nitrogens with zero attached hydrogens (tertiary/aromatic N) is 2. The van der Waals surface area contributed by atoms with Gasteiger partial charge in [0.25, 0.3) is 0 Å². The largest absolute Gasteiger partial charge is 0.258 e. The van der Waals surface area contributed by atoms with Crippen LogP contribution < -0.4 is 0 Å². The Hall–Kier alpha value is -1.70. The third-order valence-corrected chi connectivity index (χ3v) is 6.88. The van der Waals surface area contributed by atoms with Gasteiger partial charge in [0.05, 0.1) is 0 Å². The van der Waals surface area contributed by atoms with Crippen LogP contribution in [0.15, 0.2) is 24.3 Å². The van der Waals surface area contributed by atoms with Crippen LogP contribution in [0, 0.1) is 6.92 Å². The maximum Gasteiger partial charge on any atom is 0.0440 e. The summed E-state index contributed by atoms with van der Waals surface area (Å²) in [4.78, 5) is 9.60. The van der Waals surface area contributed by atoms with Crippen molar-refractivity contribution < 1.29 is 0 Å². The molecule has 0 saturated heterocycles. The van der Waals surface area contributed by atoms with Crippen LogP contribution in [-0.4, -0.2) is 9.97 Å². The third-order valence-electron chi connectivity index (χ3n) is 6.88. The molecule has 0 amide bonds. The molecule has 0 atom stereocenters. The summed E-state index contributed by atoms with van der Waals surface area (Å²) in [5.74, 6) is 2.04. The highest BCUT2D eigenvalue weighted by molar-refractivity contribution is 5.26. The van der Waals surface area contributed by atoms with Gasteiger partial charge in [0.15, 0.2) is 0 Å². The van der Waals surface area contributed by atoms with Crippen molar-refractivity contribution in [2.24, 2.45) is 0 Å². The van der Waals surface area contributed by atoms with Gasteiger partial charge >= 0.3 is 0 Å². The molecular weight excluding hydrogens is 388 g/mol. The molecule has 2 saturated carbocycles. The van der Waals surface area contributed by atoms with Crippen LogP contribution in [0.2, 0.25) is 0 Å². The maximum atomic E-state index is 4.86. The van der Waals surface area contributed by atoms with E-state index >= 15 is 0 Å². The van der Waals surface area contributed by atoms with E-state index in [0.717, 1.165) is 24.7 Å². The Bertz CT molecular complexity index is 796. The van der Waals surface area contributed by atoms with Crippen LogP contribution in [-0.2, 0) is 12.8 Å². The number of aryl methyl sites for hydroxylation is 3. The van der Waals surface area contributed by atoms with E-state index in [1.807, 2.05) is 13.8 Å². The van der Waals surface area contributed by atoms with E-state index in [-0.39, 0.29) is 0 Å². The van der Waals surface area contributed by atoms with E-state index in [2.05, 4.69) is 58.9 Å². The van der Waals surface area contributed by atoms with Crippen LogP contribution in [0.3, 0.4) is 0 Å². The van der Waals surface area contributed by atoms with E-state index in [4.69, 9.17) is 9.97 Å². The Kier molecular flexibility index (Phi) is 11.4. The first-order chi connectivity index (χ1) is 15.5. The van der Waals surface area contributed by atoms with Gasteiger partial charge in [-0.3, -0.25) is 9.97 Å². The fourth-order valence-electron chi connectivity index (χ4n) is 4.95. The van der Waals surface area contributed by atoms with Gasteiger partial charge < -0.3 is 0 Å². The minimum absolute atomic E-state index is 0.548. The molecule has 2 aliphatic carbocycles. The molecule has 0 aliphatic heterocycles. The number of aromatic nitrogens is 2. The Morgan fingerprint density at radius 3 is 1.75 bits per heavy atom. The van der Waals surface area contributed by atoms with Gasteiger partial charge in [-0.05, 0) is 86.8 Å². The van der Waals surface area contributed by atoms with E-state index in [1.54, 1.807) is 0 Å². The summed E-state index contributed by atoms with van der Waals surface area (Å²) >= 11 is 0. The number of pyridine rings is 2. The summed E-state index contributed by atoms with van der Waals surface area (Å²) in [6.07, 6.45) is 13.1. The van der Waals surface area contributed by atoms with Crippen molar-refractivity contribution in [2.75, 3.05) is 0 Å². The molecule has 0 radical (unpaired) electrons. The topological polar surface area (TPSA) is 25.8 Å². The monoisotopic (exact) mass is 436 g/mol.